The maximum atomic E-state index is 5.87. The Morgan fingerprint density at radius 2 is 1.75 bits per heavy atom. The highest BCUT2D eigenvalue weighted by molar-refractivity contribution is 14.0. The van der Waals surface area contributed by atoms with Crippen LogP contribution in [0.4, 0.5) is 0 Å². The molecule has 138 valence electrons. The first kappa shape index (κ1) is 23.0. The SMILES string of the molecule is CCN(CC)CCOc1ccc(CN=C(N)NC(C)(C)C)cc1.I. The van der Waals surface area contributed by atoms with Crippen LogP contribution in [-0.2, 0) is 6.54 Å². The highest BCUT2D eigenvalue weighted by atomic mass is 127. The Morgan fingerprint density at radius 1 is 1.17 bits per heavy atom. The summed E-state index contributed by atoms with van der Waals surface area (Å²) in [7, 11) is 0. The molecule has 0 aliphatic rings. The van der Waals surface area contributed by atoms with Gasteiger partial charge in [0, 0.05) is 12.1 Å². The maximum Gasteiger partial charge on any atom is 0.189 e. The molecule has 0 aliphatic heterocycles. The molecular formula is C18H33IN4O. The molecule has 0 bridgehead atoms. The average molecular weight is 448 g/mol. The van der Waals surface area contributed by atoms with Crippen LogP contribution in [0.5, 0.6) is 5.75 Å². The molecule has 1 aromatic carbocycles. The molecule has 5 nitrogen and oxygen atoms in total. The van der Waals surface area contributed by atoms with Crippen molar-refractivity contribution in [2.75, 3.05) is 26.2 Å². The van der Waals surface area contributed by atoms with E-state index in [1.165, 1.54) is 0 Å². The van der Waals surface area contributed by atoms with Gasteiger partial charge in [-0.15, -0.1) is 24.0 Å². The third-order valence-electron chi connectivity index (χ3n) is 3.43. The smallest absolute Gasteiger partial charge is 0.189 e. The number of nitrogens with one attached hydrogen (secondary N) is 1. The largest absolute Gasteiger partial charge is 0.492 e. The molecular weight excluding hydrogens is 415 g/mol. The van der Waals surface area contributed by atoms with E-state index in [9.17, 15) is 0 Å². The molecule has 0 spiro atoms. The maximum absolute atomic E-state index is 5.87. The van der Waals surface area contributed by atoms with Crippen LogP contribution in [0.3, 0.4) is 0 Å². The van der Waals surface area contributed by atoms with Crippen molar-refractivity contribution >= 4 is 29.9 Å². The van der Waals surface area contributed by atoms with E-state index in [2.05, 4.69) is 49.8 Å². The number of benzene rings is 1. The molecule has 0 heterocycles. The monoisotopic (exact) mass is 448 g/mol. The van der Waals surface area contributed by atoms with Gasteiger partial charge < -0.3 is 20.7 Å². The van der Waals surface area contributed by atoms with E-state index in [-0.39, 0.29) is 29.5 Å². The van der Waals surface area contributed by atoms with E-state index < -0.39 is 0 Å². The van der Waals surface area contributed by atoms with Crippen LogP contribution >= 0.6 is 24.0 Å². The van der Waals surface area contributed by atoms with Gasteiger partial charge in [-0.25, -0.2) is 4.99 Å². The van der Waals surface area contributed by atoms with Crippen LogP contribution in [0.25, 0.3) is 0 Å². The van der Waals surface area contributed by atoms with Crippen LogP contribution in [0.15, 0.2) is 29.3 Å². The molecule has 0 atom stereocenters. The number of aliphatic imine (C=N–C) groups is 1. The normalized spacial score (nSPS) is 12.0. The Balaban J connectivity index is 0.00000529. The number of nitrogens with zero attached hydrogens (tertiary/aromatic N) is 2. The van der Waals surface area contributed by atoms with Gasteiger partial charge in [0.15, 0.2) is 5.96 Å². The Bertz CT molecular complexity index is 479. The van der Waals surface area contributed by atoms with Gasteiger partial charge in [0.1, 0.15) is 12.4 Å². The lowest BCUT2D eigenvalue weighted by atomic mass is 10.1. The lowest BCUT2D eigenvalue weighted by molar-refractivity contribution is 0.223. The average Bonchev–Trinajstić information content (AvgIpc) is 2.49. The summed E-state index contributed by atoms with van der Waals surface area (Å²) in [4.78, 5) is 6.69. The summed E-state index contributed by atoms with van der Waals surface area (Å²) < 4.78 is 5.77. The summed E-state index contributed by atoms with van der Waals surface area (Å²) in [6.45, 7) is 14.8. The Morgan fingerprint density at radius 3 is 2.25 bits per heavy atom. The summed E-state index contributed by atoms with van der Waals surface area (Å²) in [5.74, 6) is 1.36. The van der Waals surface area contributed by atoms with Gasteiger partial charge in [-0.05, 0) is 51.6 Å². The van der Waals surface area contributed by atoms with Crippen molar-refractivity contribution in [3.05, 3.63) is 29.8 Å². The highest BCUT2D eigenvalue weighted by Crippen LogP contribution is 2.13. The van der Waals surface area contributed by atoms with Crippen molar-refractivity contribution in [1.82, 2.24) is 10.2 Å². The van der Waals surface area contributed by atoms with Crippen molar-refractivity contribution in [2.24, 2.45) is 10.7 Å². The first-order valence-corrected chi connectivity index (χ1v) is 8.36. The summed E-state index contributed by atoms with van der Waals surface area (Å²) >= 11 is 0. The molecule has 24 heavy (non-hydrogen) atoms. The standard InChI is InChI=1S/C18H32N4O.HI/c1-6-22(7-2)12-13-23-16-10-8-15(9-11-16)14-20-17(19)21-18(3,4)5;/h8-11H,6-7,12-14H2,1-5H3,(H3,19,20,21);1H. The lowest BCUT2D eigenvalue weighted by Gasteiger charge is -2.21. The second kappa shape index (κ2) is 11.5. The number of likely N-dealkylation sites (N-methyl/N-ethyl adjacent to an activating group) is 1. The number of halogens is 1. The number of rotatable bonds is 8. The first-order valence-electron chi connectivity index (χ1n) is 8.36. The lowest BCUT2D eigenvalue weighted by Crippen LogP contribution is -2.44. The molecule has 0 amide bonds. The van der Waals surface area contributed by atoms with Crippen molar-refractivity contribution in [3.63, 3.8) is 0 Å². The van der Waals surface area contributed by atoms with Crippen LogP contribution in [0.1, 0.15) is 40.2 Å². The van der Waals surface area contributed by atoms with E-state index in [1.54, 1.807) is 0 Å². The van der Waals surface area contributed by atoms with Gasteiger partial charge in [-0.2, -0.15) is 0 Å². The minimum absolute atomic E-state index is 0. The molecule has 0 fully saturated rings. The highest BCUT2D eigenvalue weighted by Gasteiger charge is 2.09. The van der Waals surface area contributed by atoms with Crippen molar-refractivity contribution in [2.45, 2.75) is 46.7 Å². The minimum atomic E-state index is -0.0733. The van der Waals surface area contributed by atoms with Crippen LogP contribution in [-0.4, -0.2) is 42.6 Å². The number of nitrogens with two attached hydrogens (primary N) is 1. The van der Waals surface area contributed by atoms with Crippen LogP contribution in [0.2, 0.25) is 0 Å². The second-order valence-electron chi connectivity index (χ2n) is 6.60. The van der Waals surface area contributed by atoms with E-state index in [0.717, 1.165) is 30.9 Å². The zero-order valence-corrected chi connectivity index (χ0v) is 18.0. The number of ether oxygens (including phenoxy) is 1. The van der Waals surface area contributed by atoms with E-state index in [0.29, 0.717) is 19.1 Å². The fraction of sp³-hybridized carbons (Fsp3) is 0.611. The zero-order valence-electron chi connectivity index (χ0n) is 15.6. The van der Waals surface area contributed by atoms with Crippen molar-refractivity contribution < 1.29 is 4.74 Å². The van der Waals surface area contributed by atoms with E-state index in [1.807, 2.05) is 24.3 Å². The van der Waals surface area contributed by atoms with Crippen LogP contribution in [0, 0.1) is 0 Å². The number of hydrogen-bond donors (Lipinski definition) is 2. The van der Waals surface area contributed by atoms with Gasteiger partial charge in [0.2, 0.25) is 0 Å². The Hall–Kier alpha value is -1.02. The Kier molecular flexibility index (Phi) is 11.0. The van der Waals surface area contributed by atoms with Crippen LogP contribution < -0.4 is 15.8 Å². The molecule has 0 saturated heterocycles. The quantitative estimate of drug-likeness (QED) is 0.364. The van der Waals surface area contributed by atoms with Gasteiger partial charge in [-0.1, -0.05) is 26.0 Å². The third kappa shape index (κ3) is 9.97. The number of guanidine groups is 1. The molecule has 0 aromatic heterocycles. The predicted octanol–water partition coefficient (Wildman–Crippen LogP) is 3.23. The van der Waals surface area contributed by atoms with Gasteiger partial charge in [-0.3, -0.25) is 0 Å². The van der Waals surface area contributed by atoms with Crippen molar-refractivity contribution in [3.8, 4) is 5.75 Å². The minimum Gasteiger partial charge on any atom is -0.492 e. The second-order valence-corrected chi connectivity index (χ2v) is 6.60. The van der Waals surface area contributed by atoms with Gasteiger partial charge in [0.05, 0.1) is 6.54 Å². The molecule has 3 N–H and O–H groups in total. The molecule has 0 saturated carbocycles. The molecule has 6 heteroatoms. The fourth-order valence-corrected chi connectivity index (χ4v) is 2.12. The molecule has 1 rings (SSSR count). The Labute approximate surface area is 164 Å². The molecule has 0 aliphatic carbocycles. The van der Waals surface area contributed by atoms with E-state index >= 15 is 0 Å². The number of hydrogen-bond acceptors (Lipinski definition) is 3. The molecule has 1 aromatic rings. The zero-order chi connectivity index (χ0) is 17.3. The molecule has 0 unspecified atom stereocenters. The van der Waals surface area contributed by atoms with E-state index in [4.69, 9.17) is 10.5 Å². The summed E-state index contributed by atoms with van der Waals surface area (Å²) in [6, 6.07) is 8.03. The summed E-state index contributed by atoms with van der Waals surface area (Å²) in [6.07, 6.45) is 0. The predicted molar refractivity (Wildman–Crippen MR) is 113 cm³/mol. The summed E-state index contributed by atoms with van der Waals surface area (Å²) in [5.41, 5.74) is 6.91. The summed E-state index contributed by atoms with van der Waals surface area (Å²) in [5, 5.41) is 3.15. The van der Waals surface area contributed by atoms with Crippen molar-refractivity contribution in [1.29, 1.82) is 0 Å². The topological polar surface area (TPSA) is 62.9 Å². The third-order valence-corrected chi connectivity index (χ3v) is 3.43. The van der Waals surface area contributed by atoms with Gasteiger partial charge >= 0.3 is 0 Å². The molecule has 0 radical (unpaired) electrons. The first-order chi connectivity index (χ1) is 10.8. The van der Waals surface area contributed by atoms with Gasteiger partial charge in [0.25, 0.3) is 0 Å². The fourth-order valence-electron chi connectivity index (χ4n) is 2.12.